The Labute approximate surface area is 118 Å². The maximum atomic E-state index is 13.5. The van der Waals surface area contributed by atoms with Crippen molar-refractivity contribution in [1.29, 1.82) is 0 Å². The molecular weight excluding hydrogens is 343 g/mol. The first-order valence-corrected chi connectivity index (χ1v) is 7.18. The monoisotopic (exact) mass is 348 g/mol. The summed E-state index contributed by atoms with van der Waals surface area (Å²) in [5, 5.41) is 10.5. The van der Waals surface area contributed by atoms with Crippen molar-refractivity contribution < 1.29 is 14.3 Å². The van der Waals surface area contributed by atoms with Gasteiger partial charge in [0.1, 0.15) is 5.03 Å². The number of hydrogen-bond donors (Lipinski definition) is 1. The molecule has 1 N–H and O–H groups in total. The third-order valence-electron chi connectivity index (χ3n) is 1.82. The highest BCUT2D eigenvalue weighted by atomic mass is 79.9. The predicted molar refractivity (Wildman–Crippen MR) is 69.5 cm³/mol. The van der Waals surface area contributed by atoms with Crippen molar-refractivity contribution in [1.82, 2.24) is 9.97 Å². The molecule has 0 unspecified atom stereocenters. The fourth-order valence-corrected chi connectivity index (χ4v) is 3.14. The van der Waals surface area contributed by atoms with Crippen LogP contribution < -0.4 is 0 Å². The average molecular weight is 349 g/mol. The number of aromatic nitrogens is 2. The van der Waals surface area contributed by atoms with E-state index in [1.54, 1.807) is 5.38 Å². The molecule has 0 aliphatic carbocycles. The van der Waals surface area contributed by atoms with Crippen molar-refractivity contribution in [2.24, 2.45) is 0 Å². The van der Waals surface area contributed by atoms with Gasteiger partial charge in [0.25, 0.3) is 0 Å². The number of thiazole rings is 1. The smallest absolute Gasteiger partial charge is 0.309 e. The molecule has 0 spiro atoms. The SMILES string of the molecule is O=C(O)Cc1csc(Sc2ncc(Br)cc2F)n1. The van der Waals surface area contributed by atoms with E-state index in [-0.39, 0.29) is 11.4 Å². The Kier molecular flexibility index (Phi) is 4.31. The minimum Gasteiger partial charge on any atom is -0.481 e. The lowest BCUT2D eigenvalue weighted by Crippen LogP contribution is -1.99. The molecule has 8 heteroatoms. The summed E-state index contributed by atoms with van der Waals surface area (Å²) in [7, 11) is 0. The second-order valence-corrected chi connectivity index (χ2v) is 6.23. The third-order valence-corrected chi connectivity index (χ3v) is 4.24. The molecule has 0 saturated carbocycles. The molecule has 0 aliphatic rings. The van der Waals surface area contributed by atoms with Crippen LogP contribution in [-0.2, 0) is 11.2 Å². The number of hydrogen-bond acceptors (Lipinski definition) is 5. The maximum Gasteiger partial charge on any atom is 0.309 e. The van der Waals surface area contributed by atoms with Crippen LogP contribution in [0.25, 0.3) is 0 Å². The summed E-state index contributed by atoms with van der Waals surface area (Å²) in [5.74, 6) is -1.38. The van der Waals surface area contributed by atoms with Crippen molar-refractivity contribution in [3.63, 3.8) is 0 Å². The zero-order chi connectivity index (χ0) is 13.1. The van der Waals surface area contributed by atoms with Crippen LogP contribution in [-0.4, -0.2) is 21.0 Å². The van der Waals surface area contributed by atoms with Gasteiger partial charge < -0.3 is 5.11 Å². The molecule has 0 aromatic carbocycles. The van der Waals surface area contributed by atoms with Crippen LogP contribution >= 0.6 is 39.0 Å². The van der Waals surface area contributed by atoms with Gasteiger partial charge in [0.05, 0.1) is 12.1 Å². The molecule has 0 amide bonds. The Morgan fingerprint density at radius 2 is 2.39 bits per heavy atom. The van der Waals surface area contributed by atoms with Gasteiger partial charge in [-0.05, 0) is 33.8 Å². The molecule has 0 fully saturated rings. The fraction of sp³-hybridized carbons (Fsp3) is 0.100. The molecule has 94 valence electrons. The first kappa shape index (κ1) is 13.4. The largest absolute Gasteiger partial charge is 0.481 e. The maximum absolute atomic E-state index is 13.5. The molecule has 0 saturated heterocycles. The van der Waals surface area contributed by atoms with Gasteiger partial charge in [-0.2, -0.15) is 0 Å². The average Bonchev–Trinajstić information content (AvgIpc) is 2.69. The summed E-state index contributed by atoms with van der Waals surface area (Å²) < 4.78 is 14.7. The Bertz CT molecular complexity index is 591. The second kappa shape index (κ2) is 5.77. The molecule has 0 atom stereocenters. The van der Waals surface area contributed by atoms with E-state index < -0.39 is 11.8 Å². The number of nitrogens with zero attached hydrogens (tertiary/aromatic N) is 2. The van der Waals surface area contributed by atoms with Crippen LogP contribution in [0, 0.1) is 5.82 Å². The first-order chi connectivity index (χ1) is 8.54. The van der Waals surface area contributed by atoms with Crippen LogP contribution in [0.1, 0.15) is 5.69 Å². The summed E-state index contributed by atoms with van der Waals surface area (Å²) in [4.78, 5) is 18.5. The topological polar surface area (TPSA) is 63.1 Å². The van der Waals surface area contributed by atoms with Gasteiger partial charge in [-0.15, -0.1) is 11.3 Å². The molecule has 0 radical (unpaired) electrons. The molecule has 2 aromatic heterocycles. The lowest BCUT2D eigenvalue weighted by atomic mass is 10.3. The molecular formula is C10H6BrFN2O2S2. The first-order valence-electron chi connectivity index (χ1n) is 4.69. The van der Waals surface area contributed by atoms with Crippen molar-refractivity contribution in [3.8, 4) is 0 Å². The van der Waals surface area contributed by atoms with Crippen LogP contribution in [0.5, 0.6) is 0 Å². The number of carboxylic acids is 1. The van der Waals surface area contributed by atoms with E-state index >= 15 is 0 Å². The molecule has 2 heterocycles. The van der Waals surface area contributed by atoms with Gasteiger partial charge in [0.2, 0.25) is 0 Å². The second-order valence-electron chi connectivity index (χ2n) is 3.22. The molecule has 18 heavy (non-hydrogen) atoms. The minimum atomic E-state index is -0.940. The van der Waals surface area contributed by atoms with E-state index in [1.165, 1.54) is 23.6 Å². The van der Waals surface area contributed by atoms with Crippen LogP contribution in [0.15, 0.2) is 31.5 Å². The highest BCUT2D eigenvalue weighted by molar-refractivity contribution is 9.10. The highest BCUT2D eigenvalue weighted by Gasteiger charge is 2.11. The van der Waals surface area contributed by atoms with Gasteiger partial charge >= 0.3 is 5.97 Å². The summed E-state index contributed by atoms with van der Waals surface area (Å²) in [6.07, 6.45) is 1.37. The minimum absolute atomic E-state index is 0.132. The Morgan fingerprint density at radius 1 is 1.61 bits per heavy atom. The Hall–Kier alpha value is -0.990. The zero-order valence-corrected chi connectivity index (χ0v) is 12.0. The predicted octanol–water partition coefficient (Wildman–Crippen LogP) is 3.22. The lowest BCUT2D eigenvalue weighted by molar-refractivity contribution is -0.136. The van der Waals surface area contributed by atoms with E-state index in [1.807, 2.05) is 0 Å². The summed E-state index contributed by atoms with van der Waals surface area (Å²) in [6.45, 7) is 0. The summed E-state index contributed by atoms with van der Waals surface area (Å²) >= 11 is 5.47. The number of aliphatic carboxylic acids is 1. The van der Waals surface area contributed by atoms with E-state index in [9.17, 15) is 9.18 Å². The number of halogens is 2. The van der Waals surface area contributed by atoms with Crippen LogP contribution in [0.3, 0.4) is 0 Å². The van der Waals surface area contributed by atoms with Crippen LogP contribution in [0.2, 0.25) is 0 Å². The van der Waals surface area contributed by atoms with Crippen molar-refractivity contribution >= 4 is 45.0 Å². The number of rotatable bonds is 4. The van der Waals surface area contributed by atoms with Gasteiger partial charge in [-0.25, -0.2) is 14.4 Å². The molecule has 2 aromatic rings. The lowest BCUT2D eigenvalue weighted by Gasteiger charge is -1.99. The summed E-state index contributed by atoms with van der Waals surface area (Å²) in [6, 6.07) is 1.32. The van der Waals surface area contributed by atoms with Crippen LogP contribution in [0.4, 0.5) is 4.39 Å². The number of pyridine rings is 1. The van der Waals surface area contributed by atoms with Gasteiger partial charge in [0, 0.05) is 16.0 Å². The fourth-order valence-electron chi connectivity index (χ4n) is 1.13. The zero-order valence-electron chi connectivity index (χ0n) is 8.76. The Morgan fingerprint density at radius 3 is 3.06 bits per heavy atom. The van der Waals surface area contributed by atoms with E-state index in [0.29, 0.717) is 14.5 Å². The van der Waals surface area contributed by atoms with Gasteiger partial charge in [-0.1, -0.05) is 0 Å². The van der Waals surface area contributed by atoms with Crippen molar-refractivity contribution in [2.75, 3.05) is 0 Å². The van der Waals surface area contributed by atoms with E-state index in [2.05, 4.69) is 25.9 Å². The van der Waals surface area contributed by atoms with Crippen molar-refractivity contribution in [2.45, 2.75) is 15.8 Å². The van der Waals surface area contributed by atoms with E-state index in [0.717, 1.165) is 11.8 Å². The summed E-state index contributed by atoms with van der Waals surface area (Å²) in [5.41, 5.74) is 0.465. The van der Waals surface area contributed by atoms with E-state index in [4.69, 9.17) is 5.11 Å². The molecule has 0 bridgehead atoms. The van der Waals surface area contributed by atoms with Gasteiger partial charge in [0.15, 0.2) is 10.2 Å². The third kappa shape index (κ3) is 3.50. The van der Waals surface area contributed by atoms with Gasteiger partial charge in [-0.3, -0.25) is 4.79 Å². The molecule has 4 nitrogen and oxygen atoms in total. The Balaban J connectivity index is 2.13. The highest BCUT2D eigenvalue weighted by Crippen LogP contribution is 2.31. The normalized spacial score (nSPS) is 10.6. The number of carboxylic acid groups (broad SMARTS) is 1. The van der Waals surface area contributed by atoms with Crippen molar-refractivity contribution in [3.05, 3.63) is 33.6 Å². The quantitative estimate of drug-likeness (QED) is 0.918. The molecule has 2 rings (SSSR count). The number of carbonyl (C=O) groups is 1. The molecule has 0 aliphatic heterocycles. The standard InChI is InChI=1S/C10H6BrFN2O2S2/c11-5-1-7(12)9(13-3-5)18-10-14-6(4-17-10)2-8(15)16/h1,3-4H,2H2,(H,15,16).